The molecule has 0 aliphatic rings. The van der Waals surface area contributed by atoms with Gasteiger partial charge >= 0.3 is 0 Å². The minimum absolute atomic E-state index is 0.140. The third-order valence-corrected chi connectivity index (χ3v) is 3.51. The molecule has 0 bridgehead atoms. The first-order valence-corrected chi connectivity index (χ1v) is 7.02. The van der Waals surface area contributed by atoms with E-state index in [4.69, 9.17) is 4.74 Å². The van der Waals surface area contributed by atoms with E-state index in [9.17, 15) is 4.79 Å². The number of hydrogen-bond donors (Lipinski definition) is 1. The summed E-state index contributed by atoms with van der Waals surface area (Å²) < 4.78 is 5.91. The molecule has 2 rings (SSSR count). The first-order valence-electron chi connectivity index (χ1n) is 6.23. The first-order chi connectivity index (χ1) is 9.49. The lowest BCUT2D eigenvalue weighted by atomic mass is 10.1. The van der Waals surface area contributed by atoms with E-state index in [0.29, 0.717) is 11.3 Å². The fourth-order valence-corrected chi connectivity index (χ4v) is 2.60. The number of carbonyl (C=O) groups is 1. The molecule has 104 valence electrons. The van der Waals surface area contributed by atoms with Gasteiger partial charge < -0.3 is 10.1 Å². The molecule has 0 saturated heterocycles. The van der Waals surface area contributed by atoms with Gasteiger partial charge in [-0.2, -0.15) is 0 Å². The Morgan fingerprint density at radius 1 is 1.10 bits per heavy atom. The molecule has 0 aromatic heterocycles. The Balaban J connectivity index is 2.21. The number of nitrogens with one attached hydrogen (secondary N) is 1. The van der Waals surface area contributed by atoms with Crippen molar-refractivity contribution in [2.75, 3.05) is 12.4 Å². The molecule has 0 unspecified atom stereocenters. The minimum atomic E-state index is -0.140. The van der Waals surface area contributed by atoms with Crippen LogP contribution < -0.4 is 10.1 Å². The van der Waals surface area contributed by atoms with E-state index in [2.05, 4.69) is 27.3 Å². The van der Waals surface area contributed by atoms with Crippen LogP contribution in [-0.2, 0) is 0 Å². The van der Waals surface area contributed by atoms with Crippen LogP contribution in [0.2, 0.25) is 0 Å². The Labute approximate surface area is 127 Å². The van der Waals surface area contributed by atoms with Gasteiger partial charge in [-0.25, -0.2) is 0 Å². The van der Waals surface area contributed by atoms with E-state index in [-0.39, 0.29) is 5.91 Å². The average molecular weight is 334 g/mol. The molecule has 0 spiro atoms. The Kier molecular flexibility index (Phi) is 4.45. The predicted octanol–water partition coefficient (Wildman–Crippen LogP) is 4.33. The minimum Gasteiger partial charge on any atom is -0.496 e. The molecule has 0 atom stereocenters. The van der Waals surface area contributed by atoms with Crippen LogP contribution in [0, 0.1) is 13.8 Å². The van der Waals surface area contributed by atoms with Gasteiger partial charge in [0.1, 0.15) is 5.75 Å². The van der Waals surface area contributed by atoms with Gasteiger partial charge in [-0.3, -0.25) is 4.79 Å². The number of anilines is 1. The summed E-state index contributed by atoms with van der Waals surface area (Å²) in [6.45, 7) is 4.01. The number of carbonyl (C=O) groups excluding carboxylic acids is 1. The second-order valence-electron chi connectivity index (χ2n) is 4.68. The maximum absolute atomic E-state index is 12.2. The van der Waals surface area contributed by atoms with E-state index >= 15 is 0 Å². The SMILES string of the molecule is COc1ccc(C(=O)Nc2cc(C)cc(C)c2)cc1Br. The lowest BCUT2D eigenvalue weighted by molar-refractivity contribution is 0.102. The molecule has 4 heteroatoms. The van der Waals surface area contributed by atoms with E-state index in [0.717, 1.165) is 21.3 Å². The first kappa shape index (κ1) is 14.6. The standard InChI is InChI=1S/C16H16BrNO2/c1-10-6-11(2)8-13(7-10)18-16(19)12-4-5-15(20-3)14(17)9-12/h4-9H,1-3H3,(H,18,19). The van der Waals surface area contributed by atoms with Crippen LogP contribution >= 0.6 is 15.9 Å². The monoisotopic (exact) mass is 333 g/mol. The van der Waals surface area contributed by atoms with Crippen molar-refractivity contribution in [2.45, 2.75) is 13.8 Å². The number of methoxy groups -OCH3 is 1. The number of aryl methyl sites for hydroxylation is 2. The van der Waals surface area contributed by atoms with Crippen molar-refractivity contribution >= 4 is 27.5 Å². The lowest BCUT2D eigenvalue weighted by Gasteiger charge is -2.09. The highest BCUT2D eigenvalue weighted by Gasteiger charge is 2.09. The summed E-state index contributed by atoms with van der Waals surface area (Å²) in [6, 6.07) is 11.2. The van der Waals surface area contributed by atoms with Crippen LogP contribution in [0.15, 0.2) is 40.9 Å². The van der Waals surface area contributed by atoms with Crippen molar-refractivity contribution in [1.82, 2.24) is 0 Å². The molecule has 3 nitrogen and oxygen atoms in total. The smallest absolute Gasteiger partial charge is 0.255 e. The van der Waals surface area contributed by atoms with Crippen LogP contribution in [0.4, 0.5) is 5.69 Å². The molecular weight excluding hydrogens is 318 g/mol. The topological polar surface area (TPSA) is 38.3 Å². The molecular formula is C16H16BrNO2. The second kappa shape index (κ2) is 6.09. The Morgan fingerprint density at radius 3 is 2.30 bits per heavy atom. The van der Waals surface area contributed by atoms with Crippen LogP contribution in [-0.4, -0.2) is 13.0 Å². The maximum atomic E-state index is 12.2. The zero-order valence-corrected chi connectivity index (χ0v) is 13.2. The van der Waals surface area contributed by atoms with Crippen LogP contribution in [0.1, 0.15) is 21.5 Å². The Hall–Kier alpha value is -1.81. The number of rotatable bonds is 3. The van der Waals surface area contributed by atoms with Crippen molar-refractivity contribution in [2.24, 2.45) is 0 Å². The van der Waals surface area contributed by atoms with Gasteiger partial charge in [0.25, 0.3) is 5.91 Å². The molecule has 2 aromatic carbocycles. The number of halogens is 1. The van der Waals surface area contributed by atoms with E-state index in [1.165, 1.54) is 0 Å². The number of ether oxygens (including phenoxy) is 1. The summed E-state index contributed by atoms with van der Waals surface area (Å²) in [6.07, 6.45) is 0. The summed E-state index contributed by atoms with van der Waals surface area (Å²) in [4.78, 5) is 12.2. The van der Waals surface area contributed by atoms with Crippen LogP contribution in [0.5, 0.6) is 5.75 Å². The van der Waals surface area contributed by atoms with E-state index in [1.807, 2.05) is 26.0 Å². The third kappa shape index (κ3) is 3.39. The maximum Gasteiger partial charge on any atom is 0.255 e. The van der Waals surface area contributed by atoms with Crippen molar-refractivity contribution < 1.29 is 9.53 Å². The predicted molar refractivity (Wildman–Crippen MR) is 84.6 cm³/mol. The molecule has 0 heterocycles. The number of amides is 1. The summed E-state index contributed by atoms with van der Waals surface area (Å²) in [5, 5.41) is 2.90. The number of benzene rings is 2. The fourth-order valence-electron chi connectivity index (χ4n) is 2.06. The molecule has 0 saturated carbocycles. The molecule has 20 heavy (non-hydrogen) atoms. The number of hydrogen-bond acceptors (Lipinski definition) is 2. The molecule has 2 aromatic rings. The van der Waals surface area contributed by atoms with Gasteiger partial charge in [0.15, 0.2) is 0 Å². The van der Waals surface area contributed by atoms with Gasteiger partial charge in [-0.15, -0.1) is 0 Å². The molecule has 1 N–H and O–H groups in total. The zero-order chi connectivity index (χ0) is 14.7. The fraction of sp³-hybridized carbons (Fsp3) is 0.188. The van der Waals surface area contributed by atoms with Crippen molar-refractivity contribution in [3.63, 3.8) is 0 Å². The summed E-state index contributed by atoms with van der Waals surface area (Å²) in [5.41, 5.74) is 3.63. The normalized spacial score (nSPS) is 10.2. The third-order valence-electron chi connectivity index (χ3n) is 2.89. The highest BCUT2D eigenvalue weighted by Crippen LogP contribution is 2.26. The Bertz CT molecular complexity index is 633. The summed E-state index contributed by atoms with van der Waals surface area (Å²) in [5.74, 6) is 0.561. The largest absolute Gasteiger partial charge is 0.496 e. The van der Waals surface area contributed by atoms with E-state index < -0.39 is 0 Å². The van der Waals surface area contributed by atoms with Crippen LogP contribution in [0.25, 0.3) is 0 Å². The molecule has 0 aliphatic carbocycles. The highest BCUT2D eigenvalue weighted by molar-refractivity contribution is 9.10. The summed E-state index contributed by atoms with van der Waals surface area (Å²) in [7, 11) is 1.59. The van der Waals surface area contributed by atoms with Gasteiger partial charge in [-0.05, 0) is 71.2 Å². The van der Waals surface area contributed by atoms with Crippen molar-refractivity contribution in [1.29, 1.82) is 0 Å². The molecule has 0 radical (unpaired) electrons. The lowest BCUT2D eigenvalue weighted by Crippen LogP contribution is -2.12. The molecule has 0 fully saturated rings. The average Bonchev–Trinajstić information content (AvgIpc) is 2.37. The Morgan fingerprint density at radius 2 is 1.75 bits per heavy atom. The van der Waals surface area contributed by atoms with E-state index in [1.54, 1.807) is 25.3 Å². The van der Waals surface area contributed by atoms with Gasteiger partial charge in [0.2, 0.25) is 0 Å². The summed E-state index contributed by atoms with van der Waals surface area (Å²) >= 11 is 3.38. The highest BCUT2D eigenvalue weighted by atomic mass is 79.9. The van der Waals surface area contributed by atoms with Gasteiger partial charge in [0, 0.05) is 11.3 Å². The van der Waals surface area contributed by atoms with Crippen molar-refractivity contribution in [3.05, 3.63) is 57.6 Å². The quantitative estimate of drug-likeness (QED) is 0.907. The van der Waals surface area contributed by atoms with Crippen molar-refractivity contribution in [3.8, 4) is 5.75 Å². The zero-order valence-electron chi connectivity index (χ0n) is 11.7. The molecule has 0 aliphatic heterocycles. The second-order valence-corrected chi connectivity index (χ2v) is 5.53. The van der Waals surface area contributed by atoms with Gasteiger partial charge in [0.05, 0.1) is 11.6 Å². The van der Waals surface area contributed by atoms with Crippen LogP contribution in [0.3, 0.4) is 0 Å². The molecule has 1 amide bonds. The van der Waals surface area contributed by atoms with Gasteiger partial charge in [-0.1, -0.05) is 6.07 Å².